The number of nitrogens with zero attached hydrogens (tertiary/aromatic N) is 2. The average Bonchev–Trinajstić information content (AvgIpc) is 3.15. The predicted molar refractivity (Wildman–Crippen MR) is 109 cm³/mol. The van der Waals surface area contributed by atoms with E-state index < -0.39 is 0 Å². The van der Waals surface area contributed by atoms with Crippen molar-refractivity contribution in [2.75, 3.05) is 37.7 Å². The molecule has 0 aliphatic carbocycles. The quantitative estimate of drug-likeness (QED) is 0.580. The summed E-state index contributed by atoms with van der Waals surface area (Å²) >= 11 is 0. The van der Waals surface area contributed by atoms with E-state index in [0.717, 1.165) is 63.8 Å². The van der Waals surface area contributed by atoms with Gasteiger partial charge in [0.25, 0.3) is 0 Å². The zero-order valence-corrected chi connectivity index (χ0v) is 16.3. The molecule has 5 heteroatoms. The van der Waals surface area contributed by atoms with E-state index >= 15 is 0 Å². The molecule has 1 fully saturated rings. The lowest BCUT2D eigenvalue weighted by Crippen LogP contribution is -2.45. The number of rotatable bonds is 7. The number of likely N-dealkylation sites (tertiary alicyclic amines) is 1. The first-order valence-corrected chi connectivity index (χ1v) is 10.3. The summed E-state index contributed by atoms with van der Waals surface area (Å²) in [6.45, 7) is 4.50. The Morgan fingerprint density at radius 1 is 1.04 bits per heavy atom. The molecule has 2 aliphatic heterocycles. The molecule has 0 amide bonds. The summed E-state index contributed by atoms with van der Waals surface area (Å²) in [5.74, 6) is -0.0894. The van der Waals surface area contributed by atoms with Gasteiger partial charge in [0.2, 0.25) is 0 Å². The summed E-state index contributed by atoms with van der Waals surface area (Å²) in [6.07, 6.45) is 4.92. The van der Waals surface area contributed by atoms with E-state index in [9.17, 15) is 4.39 Å². The van der Waals surface area contributed by atoms with Crippen molar-refractivity contribution in [3.05, 3.63) is 65.0 Å². The maximum atomic E-state index is 13.8. The molecule has 150 valence electrons. The topological polar surface area (TPSA) is 35.9 Å². The van der Waals surface area contributed by atoms with E-state index in [1.165, 1.54) is 16.8 Å². The van der Waals surface area contributed by atoms with Crippen molar-refractivity contribution in [1.29, 1.82) is 0 Å². The minimum atomic E-state index is -0.0894. The molecule has 2 aliphatic rings. The first-order valence-electron chi connectivity index (χ1n) is 10.3. The summed E-state index contributed by atoms with van der Waals surface area (Å²) < 4.78 is 13.8. The third-order valence-electron chi connectivity index (χ3n) is 6.22. The lowest BCUT2D eigenvalue weighted by molar-refractivity contribution is -0.241. The maximum absolute atomic E-state index is 13.8. The molecular weight excluding hydrogens is 355 g/mol. The highest BCUT2D eigenvalue weighted by molar-refractivity contribution is 5.60. The Morgan fingerprint density at radius 2 is 1.86 bits per heavy atom. The van der Waals surface area contributed by atoms with Crippen LogP contribution < -0.4 is 4.90 Å². The van der Waals surface area contributed by atoms with Crippen LogP contribution in [0.15, 0.2) is 42.5 Å². The van der Waals surface area contributed by atoms with Gasteiger partial charge in [0.05, 0.1) is 6.61 Å². The molecule has 0 saturated carbocycles. The van der Waals surface area contributed by atoms with Gasteiger partial charge in [0.15, 0.2) is 0 Å². The second-order valence-corrected chi connectivity index (χ2v) is 7.90. The monoisotopic (exact) mass is 384 g/mol. The van der Waals surface area contributed by atoms with Crippen LogP contribution in [0.3, 0.4) is 0 Å². The fraction of sp³-hybridized carbons (Fsp3) is 0.478. The van der Waals surface area contributed by atoms with E-state index in [1.54, 1.807) is 12.1 Å². The van der Waals surface area contributed by atoms with Crippen molar-refractivity contribution >= 4 is 5.69 Å². The Kier molecular flexibility index (Phi) is 6.25. The normalized spacial score (nSPS) is 17.9. The van der Waals surface area contributed by atoms with Gasteiger partial charge in [-0.05, 0) is 60.9 Å². The Hall–Kier alpha value is -1.95. The highest BCUT2D eigenvalue weighted by Crippen LogP contribution is 2.33. The Labute approximate surface area is 166 Å². The molecule has 2 aromatic carbocycles. The third-order valence-corrected chi connectivity index (χ3v) is 6.22. The number of anilines is 1. The van der Waals surface area contributed by atoms with Crippen LogP contribution in [0.1, 0.15) is 29.5 Å². The van der Waals surface area contributed by atoms with Crippen LogP contribution in [0, 0.1) is 5.82 Å². The Bertz CT molecular complexity index is 790. The smallest absolute Gasteiger partial charge is 0.126 e. The van der Waals surface area contributed by atoms with E-state index in [0.29, 0.717) is 12.6 Å². The maximum Gasteiger partial charge on any atom is 0.126 e. The zero-order valence-electron chi connectivity index (χ0n) is 16.3. The summed E-state index contributed by atoms with van der Waals surface area (Å²) in [7, 11) is 0. The summed E-state index contributed by atoms with van der Waals surface area (Å²) in [5.41, 5.74) is 4.82. The standard InChI is InChI=1S/C23H29FN2O2/c24-22-4-2-1-3-19(22)7-12-25-13-9-21(10-14-25)26-15-8-20-6-5-18(11-16-28-27)17-23(20)26/h1-6,17,21,27H,7-16H2. The van der Waals surface area contributed by atoms with E-state index in [4.69, 9.17) is 5.26 Å². The second kappa shape index (κ2) is 9.03. The fourth-order valence-corrected chi connectivity index (χ4v) is 4.58. The van der Waals surface area contributed by atoms with Crippen LogP contribution in [0.2, 0.25) is 0 Å². The molecule has 0 unspecified atom stereocenters. The number of hydrogen-bond acceptors (Lipinski definition) is 4. The van der Waals surface area contributed by atoms with E-state index in [2.05, 4.69) is 32.9 Å². The van der Waals surface area contributed by atoms with Crippen LogP contribution in [0.25, 0.3) is 0 Å². The molecule has 4 nitrogen and oxygen atoms in total. The van der Waals surface area contributed by atoms with Crippen LogP contribution in [0.5, 0.6) is 0 Å². The highest BCUT2D eigenvalue weighted by atomic mass is 19.1. The molecule has 2 aromatic rings. The van der Waals surface area contributed by atoms with Gasteiger partial charge < -0.3 is 9.80 Å². The van der Waals surface area contributed by atoms with Gasteiger partial charge in [-0.1, -0.05) is 30.3 Å². The zero-order chi connectivity index (χ0) is 19.3. The molecule has 0 atom stereocenters. The fourth-order valence-electron chi connectivity index (χ4n) is 4.58. The number of fused-ring (bicyclic) bond motifs is 1. The van der Waals surface area contributed by atoms with Gasteiger partial charge in [0, 0.05) is 37.9 Å². The molecule has 2 heterocycles. The van der Waals surface area contributed by atoms with Gasteiger partial charge in [-0.25, -0.2) is 9.28 Å². The molecule has 0 aromatic heterocycles. The molecule has 1 saturated heterocycles. The largest absolute Gasteiger partial charge is 0.368 e. The van der Waals surface area contributed by atoms with E-state index in [1.807, 2.05) is 12.1 Å². The number of hydrogen-bond donors (Lipinski definition) is 1. The van der Waals surface area contributed by atoms with Crippen LogP contribution in [0.4, 0.5) is 10.1 Å². The SMILES string of the molecule is OOCCc1ccc2c(c1)N(C1CCN(CCc3ccccc3F)CC1)CC2. The third kappa shape index (κ3) is 4.37. The summed E-state index contributed by atoms with van der Waals surface area (Å²) in [5, 5.41) is 8.60. The summed E-state index contributed by atoms with van der Waals surface area (Å²) in [6, 6.07) is 14.3. The summed E-state index contributed by atoms with van der Waals surface area (Å²) in [4.78, 5) is 9.28. The second-order valence-electron chi connectivity index (χ2n) is 7.90. The minimum absolute atomic E-state index is 0.0894. The first-order chi connectivity index (χ1) is 13.7. The van der Waals surface area contributed by atoms with Crippen molar-refractivity contribution < 1.29 is 14.5 Å². The molecular formula is C23H29FN2O2. The average molecular weight is 384 g/mol. The lowest BCUT2D eigenvalue weighted by atomic mass is 10.0. The molecule has 0 radical (unpaired) electrons. The van der Waals surface area contributed by atoms with Gasteiger partial charge in [-0.15, -0.1) is 0 Å². The highest BCUT2D eigenvalue weighted by Gasteiger charge is 2.29. The predicted octanol–water partition coefficient (Wildman–Crippen LogP) is 3.93. The molecule has 0 bridgehead atoms. The molecule has 4 rings (SSSR count). The minimum Gasteiger partial charge on any atom is -0.368 e. The molecule has 1 N–H and O–H groups in total. The van der Waals surface area contributed by atoms with Crippen LogP contribution in [-0.2, 0) is 24.2 Å². The van der Waals surface area contributed by atoms with Gasteiger partial charge in [-0.3, -0.25) is 5.26 Å². The van der Waals surface area contributed by atoms with Crippen molar-refractivity contribution in [1.82, 2.24) is 4.90 Å². The van der Waals surface area contributed by atoms with Gasteiger partial charge in [-0.2, -0.15) is 0 Å². The molecule has 28 heavy (non-hydrogen) atoms. The van der Waals surface area contributed by atoms with Gasteiger partial charge in [0.1, 0.15) is 5.82 Å². The lowest BCUT2D eigenvalue weighted by Gasteiger charge is -2.38. The van der Waals surface area contributed by atoms with Crippen molar-refractivity contribution in [2.45, 2.75) is 38.1 Å². The Balaban J connectivity index is 1.32. The number of benzene rings is 2. The van der Waals surface area contributed by atoms with Crippen molar-refractivity contribution in [3.8, 4) is 0 Å². The Morgan fingerprint density at radius 3 is 2.64 bits per heavy atom. The van der Waals surface area contributed by atoms with Gasteiger partial charge >= 0.3 is 0 Å². The number of piperidine rings is 1. The van der Waals surface area contributed by atoms with Crippen molar-refractivity contribution in [2.24, 2.45) is 0 Å². The van der Waals surface area contributed by atoms with E-state index in [-0.39, 0.29) is 5.82 Å². The van der Waals surface area contributed by atoms with Crippen LogP contribution in [-0.4, -0.2) is 49.0 Å². The van der Waals surface area contributed by atoms with Crippen molar-refractivity contribution in [3.63, 3.8) is 0 Å². The molecule has 0 spiro atoms. The first kappa shape index (κ1) is 19.4. The number of halogens is 1. The van der Waals surface area contributed by atoms with Crippen LogP contribution >= 0.6 is 0 Å².